The van der Waals surface area contributed by atoms with Crippen LogP contribution in [0.25, 0.3) is 0 Å². The maximum absolute atomic E-state index is 5.48. The minimum Gasteiger partial charge on any atom is -0.478 e. The lowest BCUT2D eigenvalue weighted by molar-refractivity contribution is 0.305. The fourth-order valence-electron chi connectivity index (χ4n) is 2.25. The number of ether oxygens (including phenoxy) is 1. The summed E-state index contributed by atoms with van der Waals surface area (Å²) in [6, 6.07) is 1.87. The Morgan fingerprint density at radius 1 is 1.32 bits per heavy atom. The van der Waals surface area contributed by atoms with Crippen molar-refractivity contribution in [1.82, 2.24) is 14.9 Å². The van der Waals surface area contributed by atoms with Crippen LogP contribution >= 0.6 is 0 Å². The molecule has 1 N–H and O–H groups in total. The van der Waals surface area contributed by atoms with Gasteiger partial charge >= 0.3 is 0 Å². The van der Waals surface area contributed by atoms with Crippen LogP contribution in [0.5, 0.6) is 5.88 Å². The summed E-state index contributed by atoms with van der Waals surface area (Å²) in [7, 11) is 0. The van der Waals surface area contributed by atoms with Gasteiger partial charge in [-0.05, 0) is 45.3 Å². The average molecular weight is 264 g/mol. The summed E-state index contributed by atoms with van der Waals surface area (Å²) in [5.41, 5.74) is 0. The summed E-state index contributed by atoms with van der Waals surface area (Å²) in [4.78, 5) is 10.8. The smallest absolute Gasteiger partial charge is 0.218 e. The number of nitrogens with one attached hydrogen (secondary N) is 1. The summed E-state index contributed by atoms with van der Waals surface area (Å²) in [6.07, 6.45) is 6.40. The van der Waals surface area contributed by atoms with E-state index < -0.39 is 0 Å². The minimum absolute atomic E-state index is 0.652. The topological polar surface area (TPSA) is 50.3 Å². The second-order valence-electron chi connectivity index (χ2n) is 4.92. The Morgan fingerprint density at radius 2 is 2.16 bits per heavy atom. The number of likely N-dealkylation sites (tertiary alicyclic amines) is 1. The van der Waals surface area contributed by atoms with Crippen LogP contribution in [-0.4, -0.2) is 47.7 Å². The van der Waals surface area contributed by atoms with Gasteiger partial charge in [0.15, 0.2) is 0 Å². The molecular weight excluding hydrogens is 240 g/mol. The molecule has 1 aromatic heterocycles. The van der Waals surface area contributed by atoms with Gasteiger partial charge in [-0.2, -0.15) is 0 Å². The highest BCUT2D eigenvalue weighted by molar-refractivity contribution is 5.36. The Hall–Kier alpha value is -1.36. The van der Waals surface area contributed by atoms with E-state index in [9.17, 15) is 0 Å². The highest BCUT2D eigenvalue weighted by Gasteiger charge is 2.10. The van der Waals surface area contributed by atoms with Gasteiger partial charge in [0.05, 0.1) is 6.61 Å². The van der Waals surface area contributed by atoms with Gasteiger partial charge < -0.3 is 15.0 Å². The third-order valence-electron chi connectivity index (χ3n) is 3.25. The number of rotatable bonds is 8. The van der Waals surface area contributed by atoms with Crippen LogP contribution in [0.1, 0.15) is 32.6 Å². The number of anilines is 1. The Labute approximate surface area is 115 Å². The molecule has 0 unspecified atom stereocenters. The largest absolute Gasteiger partial charge is 0.478 e. The van der Waals surface area contributed by atoms with Gasteiger partial charge in [-0.15, -0.1) is 0 Å². The highest BCUT2D eigenvalue weighted by atomic mass is 16.5. The molecule has 0 amide bonds. The summed E-state index contributed by atoms with van der Waals surface area (Å²) in [5, 5.41) is 3.33. The normalized spacial score (nSPS) is 15.6. The molecule has 1 aliphatic rings. The molecule has 2 heterocycles. The molecular formula is C14H24N4O. The lowest BCUT2D eigenvalue weighted by atomic mass is 10.4. The van der Waals surface area contributed by atoms with Crippen LogP contribution in [0.2, 0.25) is 0 Å². The van der Waals surface area contributed by atoms with Crippen LogP contribution in [0.3, 0.4) is 0 Å². The molecule has 106 valence electrons. The van der Waals surface area contributed by atoms with Gasteiger partial charge in [-0.25, -0.2) is 9.97 Å². The first kappa shape index (κ1) is 14.1. The van der Waals surface area contributed by atoms with E-state index in [2.05, 4.69) is 27.1 Å². The van der Waals surface area contributed by atoms with Crippen molar-refractivity contribution in [2.45, 2.75) is 32.6 Å². The predicted octanol–water partition coefficient (Wildman–Crippen LogP) is 2.16. The number of nitrogens with zero attached hydrogens (tertiary/aromatic N) is 3. The van der Waals surface area contributed by atoms with Crippen LogP contribution in [0, 0.1) is 0 Å². The van der Waals surface area contributed by atoms with Gasteiger partial charge in [0.2, 0.25) is 5.88 Å². The van der Waals surface area contributed by atoms with Crippen molar-refractivity contribution < 1.29 is 4.74 Å². The lowest BCUT2D eigenvalue weighted by Crippen LogP contribution is -2.22. The predicted molar refractivity (Wildman–Crippen MR) is 76.6 cm³/mol. The quantitative estimate of drug-likeness (QED) is 0.729. The van der Waals surface area contributed by atoms with Crippen molar-refractivity contribution in [1.29, 1.82) is 0 Å². The summed E-state index contributed by atoms with van der Waals surface area (Å²) in [6.45, 7) is 7.44. The SMILES string of the molecule is CCCOc1cc(NCCCN2CCCC2)ncn1. The monoisotopic (exact) mass is 264 g/mol. The van der Waals surface area contributed by atoms with Crippen molar-refractivity contribution in [3.8, 4) is 5.88 Å². The van der Waals surface area contributed by atoms with Crippen LogP contribution < -0.4 is 10.1 Å². The molecule has 0 aliphatic carbocycles. The molecule has 0 saturated carbocycles. The zero-order valence-electron chi connectivity index (χ0n) is 11.8. The second-order valence-corrected chi connectivity index (χ2v) is 4.92. The molecule has 0 atom stereocenters. The van der Waals surface area contributed by atoms with E-state index in [-0.39, 0.29) is 0 Å². The standard InChI is InChI=1S/C14H24N4O/c1-2-10-19-14-11-13(16-12-17-14)15-6-5-9-18-7-3-4-8-18/h11-12H,2-10H2,1H3,(H,15,16,17). The maximum Gasteiger partial charge on any atom is 0.218 e. The van der Waals surface area contributed by atoms with Gasteiger partial charge in [0, 0.05) is 12.6 Å². The van der Waals surface area contributed by atoms with E-state index in [4.69, 9.17) is 4.74 Å². The number of hydrogen-bond acceptors (Lipinski definition) is 5. The Bertz CT molecular complexity index is 366. The fourth-order valence-corrected chi connectivity index (χ4v) is 2.25. The van der Waals surface area contributed by atoms with Crippen molar-refractivity contribution in [3.63, 3.8) is 0 Å². The van der Waals surface area contributed by atoms with Gasteiger partial charge in [0.1, 0.15) is 12.1 Å². The molecule has 0 radical (unpaired) electrons. The van der Waals surface area contributed by atoms with E-state index >= 15 is 0 Å². The van der Waals surface area contributed by atoms with Gasteiger partial charge in [0.25, 0.3) is 0 Å². The molecule has 0 bridgehead atoms. The third kappa shape index (κ3) is 5.03. The van der Waals surface area contributed by atoms with Crippen molar-refractivity contribution in [2.75, 3.05) is 38.1 Å². The second kappa shape index (κ2) is 7.94. The molecule has 19 heavy (non-hydrogen) atoms. The minimum atomic E-state index is 0.652. The Kier molecular flexibility index (Phi) is 5.88. The molecule has 1 aromatic rings. The van der Waals surface area contributed by atoms with Crippen LogP contribution in [0.4, 0.5) is 5.82 Å². The highest BCUT2D eigenvalue weighted by Crippen LogP contribution is 2.11. The lowest BCUT2D eigenvalue weighted by Gasteiger charge is -2.14. The number of hydrogen-bond donors (Lipinski definition) is 1. The van der Waals surface area contributed by atoms with Crippen molar-refractivity contribution >= 4 is 5.82 Å². The van der Waals surface area contributed by atoms with Crippen molar-refractivity contribution in [2.24, 2.45) is 0 Å². The van der Waals surface area contributed by atoms with E-state index in [0.717, 1.165) is 25.2 Å². The molecule has 5 nitrogen and oxygen atoms in total. The van der Waals surface area contributed by atoms with E-state index in [1.165, 1.54) is 32.5 Å². The third-order valence-corrected chi connectivity index (χ3v) is 3.25. The Morgan fingerprint density at radius 3 is 2.95 bits per heavy atom. The Balaban J connectivity index is 1.66. The molecule has 0 aromatic carbocycles. The molecule has 1 fully saturated rings. The number of aromatic nitrogens is 2. The average Bonchev–Trinajstić information content (AvgIpc) is 2.95. The molecule has 1 aliphatic heterocycles. The molecule has 2 rings (SSSR count). The zero-order chi connectivity index (χ0) is 13.3. The van der Waals surface area contributed by atoms with Gasteiger partial charge in [-0.1, -0.05) is 6.92 Å². The fraction of sp³-hybridized carbons (Fsp3) is 0.714. The van der Waals surface area contributed by atoms with Gasteiger partial charge in [-0.3, -0.25) is 0 Å². The maximum atomic E-state index is 5.48. The first-order valence-electron chi connectivity index (χ1n) is 7.29. The van der Waals surface area contributed by atoms with Crippen LogP contribution in [0.15, 0.2) is 12.4 Å². The molecule has 5 heteroatoms. The van der Waals surface area contributed by atoms with E-state index in [0.29, 0.717) is 12.5 Å². The van der Waals surface area contributed by atoms with Crippen LogP contribution in [-0.2, 0) is 0 Å². The van der Waals surface area contributed by atoms with E-state index in [1.807, 2.05) is 6.07 Å². The first-order chi connectivity index (χ1) is 9.38. The summed E-state index contributed by atoms with van der Waals surface area (Å²) >= 11 is 0. The van der Waals surface area contributed by atoms with Crippen molar-refractivity contribution in [3.05, 3.63) is 12.4 Å². The zero-order valence-corrected chi connectivity index (χ0v) is 11.8. The summed E-state index contributed by atoms with van der Waals surface area (Å²) in [5.74, 6) is 1.50. The molecule has 1 saturated heterocycles. The first-order valence-corrected chi connectivity index (χ1v) is 7.29. The summed E-state index contributed by atoms with van der Waals surface area (Å²) < 4.78 is 5.48. The van der Waals surface area contributed by atoms with E-state index in [1.54, 1.807) is 6.33 Å². The molecule has 0 spiro atoms.